The molecule has 1 heterocycles. The van der Waals surface area contributed by atoms with Crippen LogP contribution < -0.4 is 0 Å². The van der Waals surface area contributed by atoms with E-state index in [1.807, 2.05) is 0 Å². The predicted octanol–water partition coefficient (Wildman–Crippen LogP) is 3.15. The first-order chi connectivity index (χ1) is 8.16. The molecule has 0 spiro atoms. The Bertz CT molecular complexity index is 504. The fourth-order valence-corrected chi connectivity index (χ4v) is 1.87. The fourth-order valence-electron chi connectivity index (χ4n) is 1.62. The Balaban J connectivity index is 2.20. The van der Waals surface area contributed by atoms with E-state index in [4.69, 9.17) is 11.6 Å². The standard InChI is InChI=1S/C13H11ClFNO/c14-12-2-1-10(15)8-11(12)13(17)7-9-3-5-16-6-4-9/h1-6,8,13,17H,7H2. The molecule has 1 aromatic carbocycles. The van der Waals surface area contributed by atoms with Gasteiger partial charge in [-0.1, -0.05) is 11.6 Å². The molecule has 0 aliphatic rings. The first-order valence-corrected chi connectivity index (χ1v) is 5.56. The summed E-state index contributed by atoms with van der Waals surface area (Å²) < 4.78 is 13.1. The highest BCUT2D eigenvalue weighted by Gasteiger charge is 2.13. The van der Waals surface area contributed by atoms with Crippen molar-refractivity contribution in [1.29, 1.82) is 0 Å². The molecule has 2 nitrogen and oxygen atoms in total. The van der Waals surface area contributed by atoms with E-state index in [2.05, 4.69) is 4.98 Å². The minimum absolute atomic E-state index is 0.368. The van der Waals surface area contributed by atoms with Gasteiger partial charge < -0.3 is 5.11 Å². The molecule has 1 aromatic heterocycles. The number of hydrogen-bond donors (Lipinski definition) is 1. The number of aromatic nitrogens is 1. The number of aliphatic hydroxyl groups is 1. The molecule has 88 valence electrons. The van der Waals surface area contributed by atoms with E-state index in [0.717, 1.165) is 5.56 Å². The van der Waals surface area contributed by atoms with E-state index >= 15 is 0 Å². The average Bonchev–Trinajstić information content (AvgIpc) is 2.33. The maximum Gasteiger partial charge on any atom is 0.123 e. The van der Waals surface area contributed by atoms with Gasteiger partial charge in [0, 0.05) is 29.4 Å². The maximum atomic E-state index is 13.1. The number of rotatable bonds is 3. The summed E-state index contributed by atoms with van der Waals surface area (Å²) in [6.45, 7) is 0. The fraction of sp³-hybridized carbons (Fsp3) is 0.154. The third-order valence-electron chi connectivity index (χ3n) is 2.50. The molecule has 1 atom stereocenters. The molecule has 0 radical (unpaired) electrons. The Morgan fingerprint density at radius 1 is 1.24 bits per heavy atom. The molecule has 2 rings (SSSR count). The molecule has 2 aromatic rings. The van der Waals surface area contributed by atoms with Gasteiger partial charge in [-0.25, -0.2) is 4.39 Å². The largest absolute Gasteiger partial charge is 0.388 e. The van der Waals surface area contributed by atoms with Crippen LogP contribution in [0.4, 0.5) is 4.39 Å². The van der Waals surface area contributed by atoms with Crippen molar-refractivity contribution in [3.05, 3.63) is 64.7 Å². The lowest BCUT2D eigenvalue weighted by Gasteiger charge is -2.12. The third kappa shape index (κ3) is 3.02. The van der Waals surface area contributed by atoms with Gasteiger partial charge in [0.05, 0.1) is 6.10 Å². The highest BCUT2D eigenvalue weighted by Crippen LogP contribution is 2.26. The minimum atomic E-state index is -0.819. The van der Waals surface area contributed by atoms with Gasteiger partial charge in [-0.15, -0.1) is 0 Å². The van der Waals surface area contributed by atoms with E-state index < -0.39 is 11.9 Å². The number of pyridine rings is 1. The molecule has 1 unspecified atom stereocenters. The summed E-state index contributed by atoms with van der Waals surface area (Å²) in [6, 6.07) is 7.58. The zero-order chi connectivity index (χ0) is 12.3. The van der Waals surface area contributed by atoms with Crippen LogP contribution in [0.2, 0.25) is 5.02 Å². The summed E-state index contributed by atoms with van der Waals surface area (Å²) >= 11 is 5.92. The molecule has 0 aliphatic carbocycles. The Hall–Kier alpha value is -1.45. The highest BCUT2D eigenvalue weighted by molar-refractivity contribution is 6.31. The number of hydrogen-bond acceptors (Lipinski definition) is 2. The molecular formula is C13H11ClFNO. The van der Waals surface area contributed by atoms with Crippen LogP contribution in [0, 0.1) is 5.82 Å². The van der Waals surface area contributed by atoms with Crippen molar-refractivity contribution < 1.29 is 9.50 Å². The van der Waals surface area contributed by atoms with Crippen LogP contribution in [0.5, 0.6) is 0 Å². The second-order valence-corrected chi connectivity index (χ2v) is 4.15. The number of nitrogens with zero attached hydrogens (tertiary/aromatic N) is 1. The van der Waals surface area contributed by atoms with Crippen molar-refractivity contribution in [3.8, 4) is 0 Å². The van der Waals surface area contributed by atoms with Gasteiger partial charge in [0.1, 0.15) is 5.82 Å². The number of aliphatic hydroxyl groups excluding tert-OH is 1. The Morgan fingerprint density at radius 3 is 2.65 bits per heavy atom. The van der Waals surface area contributed by atoms with Gasteiger partial charge in [-0.05, 0) is 35.9 Å². The summed E-state index contributed by atoms with van der Waals surface area (Å²) in [6.07, 6.45) is 2.86. The normalized spacial score (nSPS) is 12.4. The zero-order valence-corrected chi connectivity index (χ0v) is 9.73. The van der Waals surface area contributed by atoms with E-state index in [9.17, 15) is 9.50 Å². The van der Waals surface area contributed by atoms with Crippen LogP contribution in [0.15, 0.2) is 42.7 Å². The van der Waals surface area contributed by atoms with Gasteiger partial charge in [-0.2, -0.15) is 0 Å². The topological polar surface area (TPSA) is 33.1 Å². The van der Waals surface area contributed by atoms with Crippen LogP contribution >= 0.6 is 11.6 Å². The van der Waals surface area contributed by atoms with Gasteiger partial charge in [0.25, 0.3) is 0 Å². The van der Waals surface area contributed by atoms with Crippen LogP contribution in [0.3, 0.4) is 0 Å². The molecule has 0 saturated heterocycles. The lowest BCUT2D eigenvalue weighted by atomic mass is 10.0. The van der Waals surface area contributed by atoms with Crippen LogP contribution in [0.25, 0.3) is 0 Å². The molecule has 0 amide bonds. The number of halogens is 2. The molecule has 0 bridgehead atoms. The second-order valence-electron chi connectivity index (χ2n) is 3.74. The van der Waals surface area contributed by atoms with E-state index in [-0.39, 0.29) is 0 Å². The van der Waals surface area contributed by atoms with Crippen LogP contribution in [-0.4, -0.2) is 10.1 Å². The van der Waals surface area contributed by atoms with Gasteiger partial charge in [0.15, 0.2) is 0 Å². The highest BCUT2D eigenvalue weighted by atomic mass is 35.5. The van der Waals surface area contributed by atoms with Crippen molar-refractivity contribution in [2.75, 3.05) is 0 Å². The summed E-state index contributed by atoms with van der Waals surface area (Å²) in [5.74, 6) is -0.404. The molecule has 0 aliphatic heterocycles. The Kier molecular flexibility index (Phi) is 3.71. The average molecular weight is 252 g/mol. The molecular weight excluding hydrogens is 241 g/mol. The van der Waals surface area contributed by atoms with Gasteiger partial charge in [-0.3, -0.25) is 4.98 Å². The second kappa shape index (κ2) is 5.25. The van der Waals surface area contributed by atoms with Gasteiger partial charge in [0.2, 0.25) is 0 Å². The number of benzene rings is 1. The Labute approximate surface area is 104 Å². The molecule has 4 heteroatoms. The van der Waals surface area contributed by atoms with Crippen LogP contribution in [-0.2, 0) is 6.42 Å². The summed E-state index contributed by atoms with van der Waals surface area (Å²) in [5, 5.41) is 10.4. The van der Waals surface area contributed by atoms with Crippen molar-refractivity contribution >= 4 is 11.6 Å². The quantitative estimate of drug-likeness (QED) is 0.909. The van der Waals surface area contributed by atoms with E-state index in [1.54, 1.807) is 24.5 Å². The predicted molar refractivity (Wildman–Crippen MR) is 64.3 cm³/mol. The maximum absolute atomic E-state index is 13.1. The third-order valence-corrected chi connectivity index (χ3v) is 2.84. The van der Waals surface area contributed by atoms with Crippen molar-refractivity contribution in [1.82, 2.24) is 4.98 Å². The summed E-state index contributed by atoms with van der Waals surface area (Å²) in [4.78, 5) is 3.89. The Morgan fingerprint density at radius 2 is 1.94 bits per heavy atom. The summed E-state index contributed by atoms with van der Waals surface area (Å²) in [5.41, 5.74) is 1.33. The van der Waals surface area contributed by atoms with Crippen molar-refractivity contribution in [2.24, 2.45) is 0 Å². The zero-order valence-electron chi connectivity index (χ0n) is 8.98. The molecule has 1 N–H and O–H groups in total. The molecule has 0 saturated carbocycles. The molecule has 0 fully saturated rings. The smallest absolute Gasteiger partial charge is 0.123 e. The van der Waals surface area contributed by atoms with Gasteiger partial charge >= 0.3 is 0 Å². The lowest BCUT2D eigenvalue weighted by Crippen LogP contribution is -2.03. The van der Waals surface area contributed by atoms with Crippen molar-refractivity contribution in [2.45, 2.75) is 12.5 Å². The SMILES string of the molecule is OC(Cc1ccncc1)c1cc(F)ccc1Cl. The van der Waals surface area contributed by atoms with E-state index in [1.165, 1.54) is 18.2 Å². The summed E-state index contributed by atoms with van der Waals surface area (Å²) in [7, 11) is 0. The van der Waals surface area contributed by atoms with Crippen LogP contribution in [0.1, 0.15) is 17.2 Å². The first-order valence-electron chi connectivity index (χ1n) is 5.19. The van der Waals surface area contributed by atoms with E-state index in [0.29, 0.717) is 17.0 Å². The minimum Gasteiger partial charge on any atom is -0.388 e. The first kappa shape index (κ1) is 12.0. The lowest BCUT2D eigenvalue weighted by molar-refractivity contribution is 0.178. The monoisotopic (exact) mass is 251 g/mol. The molecule has 17 heavy (non-hydrogen) atoms. The van der Waals surface area contributed by atoms with Crippen molar-refractivity contribution in [3.63, 3.8) is 0 Å².